The van der Waals surface area contributed by atoms with Gasteiger partial charge in [-0.1, -0.05) is 30.3 Å². The van der Waals surface area contributed by atoms with E-state index in [2.05, 4.69) is 10.0 Å². The van der Waals surface area contributed by atoms with Crippen LogP contribution in [0, 0.1) is 11.6 Å². The molecule has 0 heterocycles. The van der Waals surface area contributed by atoms with E-state index in [1.165, 1.54) is 6.07 Å². The Balaban J connectivity index is 1.87. The Morgan fingerprint density at radius 3 is 2.04 bits per heavy atom. The van der Waals surface area contributed by atoms with Gasteiger partial charge < -0.3 is 5.32 Å². The number of sulfonamides is 1. The summed E-state index contributed by atoms with van der Waals surface area (Å²) >= 11 is 0. The second kappa shape index (κ2) is 8.51. The quantitative estimate of drug-likeness (QED) is 0.753. The first-order chi connectivity index (χ1) is 11.7. The van der Waals surface area contributed by atoms with Crippen LogP contribution in [0.15, 0.2) is 42.5 Å². The highest BCUT2D eigenvalue weighted by Gasteiger charge is 2.12. The van der Waals surface area contributed by atoms with E-state index < -0.39 is 21.7 Å². The third-order valence-corrected chi connectivity index (χ3v) is 4.98. The molecule has 0 atom stereocenters. The predicted molar refractivity (Wildman–Crippen MR) is 94.2 cm³/mol. The van der Waals surface area contributed by atoms with Crippen molar-refractivity contribution in [3.8, 4) is 0 Å². The Morgan fingerprint density at radius 1 is 0.880 bits per heavy atom. The molecule has 0 fully saturated rings. The van der Waals surface area contributed by atoms with Gasteiger partial charge in [-0.15, -0.1) is 0 Å². The van der Waals surface area contributed by atoms with Gasteiger partial charge in [0.05, 0.1) is 5.75 Å². The molecule has 0 spiro atoms. The molecule has 25 heavy (non-hydrogen) atoms. The zero-order valence-corrected chi connectivity index (χ0v) is 15.0. The molecule has 2 rings (SSSR count). The fraction of sp³-hybridized carbons (Fsp3) is 0.333. The molecule has 136 valence electrons. The minimum atomic E-state index is -3.34. The third kappa shape index (κ3) is 6.53. The largest absolute Gasteiger partial charge is 0.309 e. The summed E-state index contributed by atoms with van der Waals surface area (Å²) in [6.45, 7) is 4.50. The second-order valence-electron chi connectivity index (χ2n) is 6.20. The monoisotopic (exact) mass is 368 g/mol. The highest BCUT2D eigenvalue weighted by molar-refractivity contribution is 7.88. The van der Waals surface area contributed by atoms with Crippen molar-refractivity contribution in [3.63, 3.8) is 0 Å². The van der Waals surface area contributed by atoms with Gasteiger partial charge in [-0.25, -0.2) is 21.9 Å². The Kier molecular flexibility index (Phi) is 6.64. The molecule has 7 heteroatoms. The van der Waals surface area contributed by atoms with Crippen LogP contribution in [0.4, 0.5) is 8.78 Å². The molecular formula is C18H22F2N2O2S. The van der Waals surface area contributed by atoms with Crippen molar-refractivity contribution in [1.82, 2.24) is 10.0 Å². The first-order valence-electron chi connectivity index (χ1n) is 7.97. The third-order valence-electron chi connectivity index (χ3n) is 3.44. The number of rotatable bonds is 8. The zero-order valence-electron chi connectivity index (χ0n) is 14.2. The van der Waals surface area contributed by atoms with E-state index in [4.69, 9.17) is 0 Å². The van der Waals surface area contributed by atoms with Gasteiger partial charge in [-0.05, 0) is 42.7 Å². The number of halogens is 2. The van der Waals surface area contributed by atoms with E-state index in [1.54, 1.807) is 26.0 Å². The van der Waals surface area contributed by atoms with Crippen LogP contribution >= 0.6 is 0 Å². The highest BCUT2D eigenvalue weighted by atomic mass is 32.2. The van der Waals surface area contributed by atoms with Crippen LogP contribution in [0.25, 0.3) is 0 Å². The lowest BCUT2D eigenvalue weighted by Crippen LogP contribution is -2.31. The van der Waals surface area contributed by atoms with Crippen LogP contribution in [0.5, 0.6) is 0 Å². The van der Waals surface area contributed by atoms with Crippen molar-refractivity contribution in [2.24, 2.45) is 0 Å². The molecule has 2 N–H and O–H groups in total. The van der Waals surface area contributed by atoms with Gasteiger partial charge in [0.2, 0.25) is 10.0 Å². The molecule has 0 saturated carbocycles. The molecule has 0 aromatic heterocycles. The van der Waals surface area contributed by atoms with Gasteiger partial charge in [0.25, 0.3) is 0 Å². The van der Waals surface area contributed by atoms with Crippen molar-refractivity contribution < 1.29 is 17.2 Å². The lowest BCUT2D eigenvalue weighted by atomic mass is 10.1. The average Bonchev–Trinajstić information content (AvgIpc) is 2.51. The fourth-order valence-electron chi connectivity index (χ4n) is 2.37. The van der Waals surface area contributed by atoms with E-state index in [0.717, 1.165) is 17.7 Å². The summed E-state index contributed by atoms with van der Waals surface area (Å²) in [4.78, 5) is 0. The SMILES string of the molecule is CC(C)NS(=O)(=O)Cc1ccc(CNCc2ccc(F)c(F)c2)cc1. The summed E-state index contributed by atoms with van der Waals surface area (Å²) in [5, 5.41) is 3.14. The fourth-order valence-corrected chi connectivity index (χ4v) is 3.81. The normalized spacial score (nSPS) is 11.9. The van der Waals surface area contributed by atoms with Gasteiger partial charge in [0.1, 0.15) is 0 Å². The average molecular weight is 368 g/mol. The summed E-state index contributed by atoms with van der Waals surface area (Å²) in [6, 6.07) is 10.9. The molecule has 0 saturated heterocycles. The minimum Gasteiger partial charge on any atom is -0.309 e. The smallest absolute Gasteiger partial charge is 0.216 e. The maximum Gasteiger partial charge on any atom is 0.216 e. The van der Waals surface area contributed by atoms with Gasteiger partial charge in [-0.2, -0.15) is 0 Å². The van der Waals surface area contributed by atoms with E-state index in [0.29, 0.717) is 24.2 Å². The molecule has 0 aliphatic heterocycles. The Hall–Kier alpha value is -1.83. The number of hydrogen-bond donors (Lipinski definition) is 2. The molecule has 0 unspecified atom stereocenters. The van der Waals surface area contributed by atoms with Gasteiger partial charge in [0, 0.05) is 19.1 Å². The van der Waals surface area contributed by atoms with Crippen LogP contribution in [0.1, 0.15) is 30.5 Å². The summed E-state index contributed by atoms with van der Waals surface area (Å²) in [5.74, 6) is -1.78. The van der Waals surface area contributed by atoms with Crippen LogP contribution < -0.4 is 10.0 Å². The van der Waals surface area contributed by atoms with Gasteiger partial charge in [-0.3, -0.25) is 0 Å². The summed E-state index contributed by atoms with van der Waals surface area (Å²) in [7, 11) is -3.34. The van der Waals surface area contributed by atoms with Crippen molar-refractivity contribution in [1.29, 1.82) is 0 Å². The molecule has 0 amide bonds. The molecule has 0 bridgehead atoms. The maximum absolute atomic E-state index is 13.1. The maximum atomic E-state index is 13.1. The Labute approximate surface area is 147 Å². The van der Waals surface area contributed by atoms with Crippen molar-refractivity contribution in [2.45, 2.75) is 38.7 Å². The number of benzene rings is 2. The highest BCUT2D eigenvalue weighted by Crippen LogP contribution is 2.10. The van der Waals surface area contributed by atoms with Crippen LogP contribution in [-0.4, -0.2) is 14.5 Å². The summed E-state index contributed by atoms with van der Waals surface area (Å²) in [6.07, 6.45) is 0. The molecule has 2 aromatic carbocycles. The van der Waals surface area contributed by atoms with Crippen LogP contribution in [0.3, 0.4) is 0 Å². The first kappa shape index (κ1) is 19.5. The second-order valence-corrected chi connectivity index (χ2v) is 7.95. The van der Waals surface area contributed by atoms with Crippen molar-refractivity contribution in [2.75, 3.05) is 0 Å². The van der Waals surface area contributed by atoms with Gasteiger partial charge >= 0.3 is 0 Å². The standard InChI is InChI=1S/C18H22F2N2O2S/c1-13(2)22-25(23,24)12-15-5-3-14(4-6-15)10-21-11-16-7-8-17(19)18(20)9-16/h3-9,13,21-22H,10-12H2,1-2H3. The van der Waals surface area contributed by atoms with Crippen molar-refractivity contribution in [3.05, 3.63) is 70.8 Å². The minimum absolute atomic E-state index is 0.0618. The summed E-state index contributed by atoms with van der Waals surface area (Å²) in [5.41, 5.74) is 2.33. The first-order valence-corrected chi connectivity index (χ1v) is 9.63. The van der Waals surface area contributed by atoms with Crippen LogP contribution in [-0.2, 0) is 28.9 Å². The molecule has 0 radical (unpaired) electrons. The number of hydrogen-bond acceptors (Lipinski definition) is 3. The van der Waals surface area contributed by atoms with E-state index in [1.807, 2.05) is 12.1 Å². The molecular weight excluding hydrogens is 346 g/mol. The Morgan fingerprint density at radius 2 is 1.44 bits per heavy atom. The molecule has 4 nitrogen and oxygen atoms in total. The topological polar surface area (TPSA) is 58.2 Å². The zero-order chi connectivity index (χ0) is 18.4. The van der Waals surface area contributed by atoms with E-state index >= 15 is 0 Å². The van der Waals surface area contributed by atoms with Crippen LogP contribution in [0.2, 0.25) is 0 Å². The molecule has 0 aliphatic rings. The molecule has 2 aromatic rings. The predicted octanol–water partition coefficient (Wildman–Crippen LogP) is 3.08. The summed E-state index contributed by atoms with van der Waals surface area (Å²) < 4.78 is 52.3. The van der Waals surface area contributed by atoms with E-state index in [9.17, 15) is 17.2 Å². The van der Waals surface area contributed by atoms with E-state index in [-0.39, 0.29) is 11.8 Å². The Bertz CT molecular complexity index is 806. The lowest BCUT2D eigenvalue weighted by molar-refractivity contribution is 0.506. The lowest BCUT2D eigenvalue weighted by Gasteiger charge is -2.10. The number of nitrogens with one attached hydrogen (secondary N) is 2. The van der Waals surface area contributed by atoms with Crippen molar-refractivity contribution >= 4 is 10.0 Å². The van der Waals surface area contributed by atoms with Gasteiger partial charge in [0.15, 0.2) is 11.6 Å². The molecule has 0 aliphatic carbocycles.